The monoisotopic (exact) mass is 143 g/mol. The van der Waals surface area contributed by atoms with Gasteiger partial charge in [0.25, 0.3) is 0 Å². The quantitative estimate of drug-likeness (QED) is 0.456. The average molecular weight is 143 g/mol. The molecule has 1 N–H and O–H groups in total. The lowest BCUT2D eigenvalue weighted by Crippen LogP contribution is -1.97. The summed E-state index contributed by atoms with van der Waals surface area (Å²) in [6.45, 7) is -0.339. The molecule has 1 heterocycles. The second kappa shape index (κ2) is 2.44. The molecule has 10 heavy (non-hydrogen) atoms. The molecule has 0 aromatic carbocycles. The van der Waals surface area contributed by atoms with E-state index in [2.05, 4.69) is 5.10 Å². The Kier molecular flexibility index (Phi) is 1.63. The third-order valence-corrected chi connectivity index (χ3v) is 0.959. The van der Waals surface area contributed by atoms with Gasteiger partial charge in [0.1, 0.15) is 0 Å². The molecule has 0 aliphatic carbocycles. The molecule has 0 radical (unpaired) electrons. The second-order valence-corrected chi connectivity index (χ2v) is 1.61. The fraction of sp³-hybridized carbons (Fsp3) is 0.250. The first kappa shape index (κ1) is 6.69. The summed E-state index contributed by atoms with van der Waals surface area (Å²) >= 11 is 0. The van der Waals surface area contributed by atoms with Crippen LogP contribution in [0.25, 0.3) is 0 Å². The Morgan fingerprint density at radius 2 is 2.60 bits per heavy atom. The molecule has 0 saturated carbocycles. The molecule has 6 heteroatoms. The molecule has 0 saturated heterocycles. The normalized spacial score (nSPS) is 9.70. The minimum Gasteiger partial charge on any atom is -0.372 e. The summed E-state index contributed by atoms with van der Waals surface area (Å²) in [5.74, 6) is -0.256. The van der Waals surface area contributed by atoms with E-state index < -0.39 is 4.92 Å². The maximum Gasteiger partial charge on any atom is 0.390 e. The number of nitro groups is 1. The molecule has 0 aliphatic heterocycles. The smallest absolute Gasteiger partial charge is 0.372 e. The molecule has 0 aliphatic rings. The van der Waals surface area contributed by atoms with Gasteiger partial charge in [0.05, 0.1) is 17.4 Å². The van der Waals surface area contributed by atoms with Crippen molar-refractivity contribution in [3.05, 3.63) is 22.4 Å². The van der Waals surface area contributed by atoms with E-state index in [9.17, 15) is 10.1 Å². The highest BCUT2D eigenvalue weighted by molar-refractivity contribution is 5.13. The zero-order valence-electron chi connectivity index (χ0n) is 4.97. The zero-order chi connectivity index (χ0) is 7.56. The van der Waals surface area contributed by atoms with Crippen LogP contribution in [0.3, 0.4) is 0 Å². The molecule has 0 amide bonds. The average Bonchev–Trinajstić information content (AvgIpc) is 2.34. The van der Waals surface area contributed by atoms with Gasteiger partial charge in [-0.25, -0.2) is 0 Å². The summed E-state index contributed by atoms with van der Waals surface area (Å²) < 4.78 is 1.07. The van der Waals surface area contributed by atoms with Crippen LogP contribution in [0.5, 0.6) is 0 Å². The molecule has 54 valence electrons. The lowest BCUT2D eigenvalue weighted by Gasteiger charge is -1.84. The van der Waals surface area contributed by atoms with Crippen molar-refractivity contribution in [2.75, 3.05) is 0 Å². The van der Waals surface area contributed by atoms with E-state index in [4.69, 9.17) is 5.11 Å². The maximum atomic E-state index is 9.98. The fourth-order valence-corrected chi connectivity index (χ4v) is 0.527. The maximum absolute atomic E-state index is 9.98. The Hall–Kier alpha value is -1.43. The lowest BCUT2D eigenvalue weighted by atomic mass is 10.7. The fourth-order valence-electron chi connectivity index (χ4n) is 0.527. The number of aromatic nitrogens is 2. The van der Waals surface area contributed by atoms with Crippen LogP contribution in [-0.4, -0.2) is 19.8 Å². The van der Waals surface area contributed by atoms with Crippen LogP contribution in [0.2, 0.25) is 0 Å². The summed E-state index contributed by atoms with van der Waals surface area (Å²) in [5, 5.41) is 21.8. The van der Waals surface area contributed by atoms with E-state index >= 15 is 0 Å². The van der Waals surface area contributed by atoms with Gasteiger partial charge in [0.2, 0.25) is 0 Å². The first-order chi connectivity index (χ1) is 4.74. The van der Waals surface area contributed by atoms with Crippen molar-refractivity contribution in [3.8, 4) is 0 Å². The van der Waals surface area contributed by atoms with E-state index in [0.717, 1.165) is 4.68 Å². The van der Waals surface area contributed by atoms with E-state index in [0.29, 0.717) is 0 Å². The Morgan fingerprint density at radius 3 is 2.90 bits per heavy atom. The van der Waals surface area contributed by atoms with Gasteiger partial charge in [-0.1, -0.05) is 0 Å². The highest BCUT2D eigenvalue weighted by Crippen LogP contribution is 2.03. The minimum absolute atomic E-state index is 0.256. The van der Waals surface area contributed by atoms with Crippen LogP contribution in [0.1, 0.15) is 0 Å². The van der Waals surface area contributed by atoms with Crippen molar-refractivity contribution in [1.29, 1.82) is 0 Å². The number of rotatable bonds is 2. The summed E-state index contributed by atoms with van der Waals surface area (Å²) in [6, 6.07) is 1.22. The molecule has 1 aromatic heterocycles. The third kappa shape index (κ3) is 1.11. The van der Waals surface area contributed by atoms with E-state index in [1.807, 2.05) is 0 Å². The Labute approximate surface area is 55.9 Å². The van der Waals surface area contributed by atoms with E-state index in [1.54, 1.807) is 0 Å². The van der Waals surface area contributed by atoms with Crippen LogP contribution < -0.4 is 0 Å². The summed E-state index contributed by atoms with van der Waals surface area (Å²) in [6.07, 6.45) is 1.33. The van der Waals surface area contributed by atoms with Crippen molar-refractivity contribution >= 4 is 5.82 Å². The molecular weight excluding hydrogens is 138 g/mol. The molecule has 0 atom stereocenters. The minimum atomic E-state index is -0.619. The van der Waals surface area contributed by atoms with Gasteiger partial charge in [0, 0.05) is 0 Å². The van der Waals surface area contributed by atoms with Gasteiger partial charge in [-0.15, -0.1) is 0 Å². The van der Waals surface area contributed by atoms with Crippen molar-refractivity contribution in [1.82, 2.24) is 9.78 Å². The number of aliphatic hydroxyl groups excluding tert-OH is 1. The van der Waals surface area contributed by atoms with Crippen molar-refractivity contribution in [3.63, 3.8) is 0 Å². The largest absolute Gasteiger partial charge is 0.390 e. The zero-order valence-corrected chi connectivity index (χ0v) is 4.97. The van der Waals surface area contributed by atoms with Crippen molar-refractivity contribution < 1.29 is 10.0 Å². The van der Waals surface area contributed by atoms with Gasteiger partial charge >= 0.3 is 5.82 Å². The molecular formula is C4H5N3O3. The van der Waals surface area contributed by atoms with Crippen LogP contribution in [-0.2, 0) is 6.73 Å². The standard InChI is InChI=1S/C4H5N3O3/c8-3-6-2-1-4(5-6)7(9)10/h1-2,8H,3H2. The summed E-state index contributed by atoms with van der Waals surface area (Å²) in [4.78, 5) is 9.36. The summed E-state index contributed by atoms with van der Waals surface area (Å²) in [5.41, 5.74) is 0. The van der Waals surface area contributed by atoms with Gasteiger partial charge in [-0.05, 0) is 4.92 Å². The summed E-state index contributed by atoms with van der Waals surface area (Å²) in [7, 11) is 0. The predicted molar refractivity (Wildman–Crippen MR) is 31.1 cm³/mol. The Balaban J connectivity index is 2.88. The van der Waals surface area contributed by atoms with Gasteiger partial charge in [-0.2, -0.15) is 4.68 Å². The predicted octanol–water partition coefficient (Wildman–Crippen LogP) is -0.259. The van der Waals surface area contributed by atoms with Crippen molar-refractivity contribution in [2.45, 2.75) is 6.73 Å². The van der Waals surface area contributed by atoms with Crippen molar-refractivity contribution in [2.24, 2.45) is 0 Å². The number of hydrogen-bond donors (Lipinski definition) is 1. The molecule has 1 rings (SSSR count). The van der Waals surface area contributed by atoms with E-state index in [1.165, 1.54) is 12.3 Å². The van der Waals surface area contributed by atoms with Crippen LogP contribution in [0, 0.1) is 10.1 Å². The Bertz CT molecular complexity index is 244. The van der Waals surface area contributed by atoms with Gasteiger partial charge in [-0.3, -0.25) is 0 Å². The van der Waals surface area contributed by atoms with E-state index in [-0.39, 0.29) is 12.5 Å². The lowest BCUT2D eigenvalue weighted by molar-refractivity contribution is -0.389. The molecule has 0 bridgehead atoms. The van der Waals surface area contributed by atoms with Crippen LogP contribution >= 0.6 is 0 Å². The van der Waals surface area contributed by atoms with Crippen LogP contribution in [0.15, 0.2) is 12.3 Å². The number of hydrogen-bond acceptors (Lipinski definition) is 4. The third-order valence-electron chi connectivity index (χ3n) is 0.959. The molecule has 0 fully saturated rings. The highest BCUT2D eigenvalue weighted by Gasteiger charge is 2.08. The topological polar surface area (TPSA) is 81.2 Å². The highest BCUT2D eigenvalue weighted by atomic mass is 16.6. The molecule has 6 nitrogen and oxygen atoms in total. The SMILES string of the molecule is O=[N+]([O-])c1ccn(CO)n1. The number of aliphatic hydroxyl groups is 1. The second-order valence-electron chi connectivity index (χ2n) is 1.61. The van der Waals surface area contributed by atoms with Crippen LogP contribution in [0.4, 0.5) is 5.82 Å². The first-order valence-electron chi connectivity index (χ1n) is 2.53. The first-order valence-corrected chi connectivity index (χ1v) is 2.53. The van der Waals surface area contributed by atoms with Gasteiger partial charge in [0.15, 0.2) is 6.73 Å². The Morgan fingerprint density at radius 1 is 1.90 bits per heavy atom. The molecule has 0 unspecified atom stereocenters. The molecule has 1 aromatic rings. The molecule has 0 spiro atoms. The number of nitrogens with zero attached hydrogens (tertiary/aromatic N) is 3. The van der Waals surface area contributed by atoms with Gasteiger partial charge < -0.3 is 15.2 Å².